The molecule has 2 aromatic heterocycles. The van der Waals surface area contributed by atoms with Crippen molar-refractivity contribution < 1.29 is 9.84 Å². The predicted octanol–water partition coefficient (Wildman–Crippen LogP) is 4.18. The molecule has 102 valence electrons. The first-order valence-electron chi connectivity index (χ1n) is 5.66. The molecule has 0 aliphatic carbocycles. The molecule has 0 aromatic carbocycles. The van der Waals surface area contributed by atoms with Crippen LogP contribution in [-0.4, -0.2) is 21.7 Å². The van der Waals surface area contributed by atoms with Crippen LogP contribution in [0.5, 0.6) is 11.5 Å². The number of aromatic nitrogens is 2. The lowest BCUT2D eigenvalue weighted by Crippen LogP contribution is -1.94. The van der Waals surface area contributed by atoms with Gasteiger partial charge in [0.25, 0.3) is 0 Å². The molecule has 4 nitrogen and oxygen atoms in total. The van der Waals surface area contributed by atoms with Crippen molar-refractivity contribution >= 4 is 31.9 Å². The fourth-order valence-corrected chi connectivity index (χ4v) is 1.50. The summed E-state index contributed by atoms with van der Waals surface area (Å²) in [7, 11) is 0. The number of pyridine rings is 2. The summed E-state index contributed by atoms with van der Waals surface area (Å²) in [5.41, 5.74) is 0. The lowest BCUT2D eigenvalue weighted by Gasteiger charge is -2.02. The average molecular weight is 390 g/mol. The van der Waals surface area contributed by atoms with Crippen molar-refractivity contribution in [2.75, 3.05) is 6.61 Å². The van der Waals surface area contributed by atoms with Gasteiger partial charge in [-0.3, -0.25) is 0 Å². The van der Waals surface area contributed by atoms with Crippen LogP contribution >= 0.6 is 31.9 Å². The lowest BCUT2D eigenvalue weighted by atomic mass is 10.4. The Morgan fingerprint density at radius 2 is 1.68 bits per heavy atom. The quantitative estimate of drug-likeness (QED) is 0.800. The zero-order chi connectivity index (χ0) is 14.1. The predicted molar refractivity (Wildman–Crippen MR) is 81.3 cm³/mol. The van der Waals surface area contributed by atoms with E-state index in [4.69, 9.17) is 9.84 Å². The van der Waals surface area contributed by atoms with Gasteiger partial charge >= 0.3 is 0 Å². The van der Waals surface area contributed by atoms with Crippen LogP contribution in [0.15, 0.2) is 45.9 Å². The van der Waals surface area contributed by atoms with E-state index in [0.717, 1.165) is 28.0 Å². The summed E-state index contributed by atoms with van der Waals surface area (Å²) in [6.07, 6.45) is 4.11. The van der Waals surface area contributed by atoms with Gasteiger partial charge < -0.3 is 9.84 Å². The molecule has 0 radical (unpaired) electrons. The van der Waals surface area contributed by atoms with Crippen molar-refractivity contribution in [2.24, 2.45) is 0 Å². The van der Waals surface area contributed by atoms with E-state index >= 15 is 0 Å². The Bertz CT molecular complexity index is 454. The lowest BCUT2D eigenvalue weighted by molar-refractivity contribution is 0.316. The maximum absolute atomic E-state index is 8.67. The van der Waals surface area contributed by atoms with Crippen molar-refractivity contribution in [2.45, 2.75) is 13.3 Å². The van der Waals surface area contributed by atoms with Crippen LogP contribution in [0.1, 0.15) is 13.3 Å². The van der Waals surface area contributed by atoms with Gasteiger partial charge in [-0.2, -0.15) is 0 Å². The van der Waals surface area contributed by atoms with Gasteiger partial charge in [-0.25, -0.2) is 9.97 Å². The molecule has 2 rings (SSSR count). The highest BCUT2D eigenvalue weighted by Gasteiger charge is 1.91. The third-order valence-corrected chi connectivity index (χ3v) is 2.82. The van der Waals surface area contributed by atoms with Crippen molar-refractivity contribution in [1.29, 1.82) is 0 Å². The molecule has 1 N–H and O–H groups in total. The van der Waals surface area contributed by atoms with Gasteiger partial charge in [-0.1, -0.05) is 6.92 Å². The Hall–Kier alpha value is -1.14. The highest BCUT2D eigenvalue weighted by atomic mass is 79.9. The summed E-state index contributed by atoms with van der Waals surface area (Å²) in [6.45, 7) is 2.83. The van der Waals surface area contributed by atoms with E-state index in [0.29, 0.717) is 0 Å². The number of aromatic hydroxyl groups is 1. The molecule has 0 saturated heterocycles. The van der Waals surface area contributed by atoms with Crippen molar-refractivity contribution in [1.82, 2.24) is 9.97 Å². The minimum atomic E-state index is 0.188. The number of ether oxygens (including phenoxy) is 1. The Morgan fingerprint density at radius 1 is 1.05 bits per heavy atom. The molecule has 0 amide bonds. The average Bonchev–Trinajstić information content (AvgIpc) is 2.42. The van der Waals surface area contributed by atoms with Crippen LogP contribution in [0.3, 0.4) is 0 Å². The van der Waals surface area contributed by atoms with Gasteiger partial charge in [0.05, 0.1) is 19.0 Å². The third kappa shape index (κ3) is 7.12. The highest BCUT2D eigenvalue weighted by molar-refractivity contribution is 9.10. The van der Waals surface area contributed by atoms with E-state index in [2.05, 4.69) is 48.8 Å². The molecule has 0 aliphatic heterocycles. The van der Waals surface area contributed by atoms with Crippen molar-refractivity contribution in [3.05, 3.63) is 45.9 Å². The number of nitrogens with zero attached hydrogens (tertiary/aromatic N) is 2. The normalized spacial score (nSPS) is 9.42. The van der Waals surface area contributed by atoms with Crippen LogP contribution in [0.4, 0.5) is 0 Å². The summed E-state index contributed by atoms with van der Waals surface area (Å²) in [4.78, 5) is 7.77. The molecular formula is C13H14Br2N2O2. The van der Waals surface area contributed by atoms with Crippen molar-refractivity contribution in [3.8, 4) is 11.5 Å². The van der Waals surface area contributed by atoms with Crippen LogP contribution in [0, 0.1) is 0 Å². The second-order valence-electron chi connectivity index (χ2n) is 3.50. The van der Waals surface area contributed by atoms with Gasteiger partial charge in [0.2, 0.25) is 0 Å². The molecule has 0 spiro atoms. The molecule has 2 heterocycles. The van der Waals surface area contributed by atoms with E-state index in [1.807, 2.05) is 12.1 Å². The van der Waals surface area contributed by atoms with Gasteiger partial charge in [-0.15, -0.1) is 0 Å². The highest BCUT2D eigenvalue weighted by Crippen LogP contribution is 2.12. The molecule has 0 bridgehead atoms. The zero-order valence-electron chi connectivity index (χ0n) is 10.4. The van der Waals surface area contributed by atoms with Crippen LogP contribution < -0.4 is 4.74 Å². The van der Waals surface area contributed by atoms with Gasteiger partial charge in [0, 0.05) is 0 Å². The topological polar surface area (TPSA) is 55.2 Å². The fraction of sp³-hybridized carbons (Fsp3) is 0.231. The number of hydrogen-bond acceptors (Lipinski definition) is 4. The Morgan fingerprint density at radius 3 is 2.11 bits per heavy atom. The molecule has 2 aromatic rings. The molecule has 19 heavy (non-hydrogen) atoms. The van der Waals surface area contributed by atoms with Crippen LogP contribution in [0.25, 0.3) is 0 Å². The van der Waals surface area contributed by atoms with Gasteiger partial charge in [-0.05, 0) is 62.5 Å². The number of halogens is 2. The minimum Gasteiger partial charge on any atom is -0.506 e. The van der Waals surface area contributed by atoms with E-state index in [-0.39, 0.29) is 5.75 Å². The van der Waals surface area contributed by atoms with Gasteiger partial charge in [0.15, 0.2) is 0 Å². The first-order chi connectivity index (χ1) is 9.11. The van der Waals surface area contributed by atoms with Gasteiger partial charge in [0.1, 0.15) is 20.7 Å². The SMILES string of the molecule is CCCOc1ccc(Br)nc1.Oc1ccc(Br)nc1. The zero-order valence-corrected chi connectivity index (χ0v) is 13.6. The van der Waals surface area contributed by atoms with E-state index in [1.165, 1.54) is 6.20 Å². The monoisotopic (exact) mass is 388 g/mol. The molecule has 0 unspecified atom stereocenters. The summed E-state index contributed by atoms with van der Waals surface area (Å²) >= 11 is 6.37. The first kappa shape index (κ1) is 15.9. The largest absolute Gasteiger partial charge is 0.506 e. The van der Waals surface area contributed by atoms with E-state index < -0.39 is 0 Å². The molecule has 0 atom stereocenters. The maximum Gasteiger partial charge on any atom is 0.137 e. The standard InChI is InChI=1S/C8H10BrNO.C5H4BrNO/c1-2-5-11-7-3-4-8(9)10-6-7;6-5-2-1-4(8)3-7-5/h3-4,6H,2,5H2,1H3;1-3,8H. The Balaban J connectivity index is 0.000000200. The Kier molecular flexibility index (Phi) is 7.43. The third-order valence-electron chi connectivity index (χ3n) is 1.88. The number of hydrogen-bond donors (Lipinski definition) is 1. The molecule has 0 saturated carbocycles. The van der Waals surface area contributed by atoms with E-state index in [1.54, 1.807) is 18.3 Å². The minimum absolute atomic E-state index is 0.188. The smallest absolute Gasteiger partial charge is 0.137 e. The summed E-state index contributed by atoms with van der Waals surface area (Å²) in [5.74, 6) is 1.02. The summed E-state index contributed by atoms with van der Waals surface area (Å²) < 4.78 is 6.89. The van der Waals surface area contributed by atoms with Crippen molar-refractivity contribution in [3.63, 3.8) is 0 Å². The second-order valence-corrected chi connectivity index (χ2v) is 5.13. The molecule has 0 fully saturated rings. The van der Waals surface area contributed by atoms with Crippen LogP contribution in [0.2, 0.25) is 0 Å². The first-order valence-corrected chi connectivity index (χ1v) is 7.25. The maximum atomic E-state index is 8.67. The molecule has 0 aliphatic rings. The summed E-state index contributed by atoms with van der Waals surface area (Å²) in [6, 6.07) is 7.00. The number of rotatable bonds is 3. The molecule has 6 heteroatoms. The fourth-order valence-electron chi connectivity index (χ4n) is 1.04. The Labute approximate surface area is 129 Å². The molecular weight excluding hydrogens is 376 g/mol. The van der Waals surface area contributed by atoms with Crippen LogP contribution in [-0.2, 0) is 0 Å². The van der Waals surface area contributed by atoms with E-state index in [9.17, 15) is 0 Å². The second kappa shape index (κ2) is 8.87. The summed E-state index contributed by atoms with van der Waals surface area (Å²) in [5, 5.41) is 8.67.